The van der Waals surface area contributed by atoms with Gasteiger partial charge in [0, 0.05) is 40.8 Å². The molecule has 0 radical (unpaired) electrons. The maximum absolute atomic E-state index is 13.4. The van der Waals surface area contributed by atoms with Crippen LogP contribution in [-0.2, 0) is 16.3 Å². The van der Waals surface area contributed by atoms with E-state index in [2.05, 4.69) is 20.3 Å². The van der Waals surface area contributed by atoms with Crippen LogP contribution in [-0.4, -0.2) is 35.8 Å². The number of aryl methyl sites for hydroxylation is 1. The summed E-state index contributed by atoms with van der Waals surface area (Å²) in [5, 5.41) is 3.54. The third kappa shape index (κ3) is 3.83. The van der Waals surface area contributed by atoms with Crippen LogP contribution in [0.1, 0.15) is 22.0 Å². The maximum Gasteiger partial charge on any atom is 0.269 e. The number of sulfone groups is 1. The van der Waals surface area contributed by atoms with Gasteiger partial charge in [0.1, 0.15) is 16.4 Å². The van der Waals surface area contributed by atoms with Crippen molar-refractivity contribution in [3.05, 3.63) is 77.0 Å². The molecule has 0 aliphatic rings. The topological polar surface area (TPSA) is 108 Å². The fourth-order valence-corrected chi connectivity index (χ4v) is 5.09. The number of rotatable bonds is 6. The lowest BCUT2D eigenvalue weighted by atomic mass is 10.2. The van der Waals surface area contributed by atoms with Crippen LogP contribution >= 0.6 is 11.6 Å². The summed E-state index contributed by atoms with van der Waals surface area (Å²) >= 11 is 6.11. The number of carbonyl (C=O) groups is 1. The zero-order valence-corrected chi connectivity index (χ0v) is 17.6. The molecule has 2 heterocycles. The van der Waals surface area contributed by atoms with Gasteiger partial charge in [0.25, 0.3) is 5.91 Å². The highest BCUT2D eigenvalue weighted by Crippen LogP contribution is 2.33. The maximum atomic E-state index is 13.4. The third-order valence-corrected chi connectivity index (χ3v) is 6.79. The molecule has 0 spiro atoms. The van der Waals surface area contributed by atoms with Crippen molar-refractivity contribution in [3.8, 4) is 0 Å². The Balaban J connectivity index is 1.72. The lowest BCUT2D eigenvalue weighted by Crippen LogP contribution is -2.27. The van der Waals surface area contributed by atoms with E-state index in [1.165, 1.54) is 12.1 Å². The molecule has 0 atom stereocenters. The first-order valence-corrected chi connectivity index (χ1v) is 11.1. The van der Waals surface area contributed by atoms with Crippen molar-refractivity contribution in [2.75, 3.05) is 6.54 Å². The minimum atomic E-state index is -3.96. The molecule has 2 aromatic heterocycles. The molecule has 0 saturated heterocycles. The van der Waals surface area contributed by atoms with Gasteiger partial charge < -0.3 is 15.3 Å². The molecule has 154 valence electrons. The Hall–Kier alpha value is -3.10. The molecule has 4 rings (SSSR count). The van der Waals surface area contributed by atoms with Gasteiger partial charge in [-0.25, -0.2) is 13.4 Å². The van der Waals surface area contributed by atoms with Crippen molar-refractivity contribution in [2.24, 2.45) is 0 Å². The number of hydrogen-bond donors (Lipinski definition) is 3. The molecule has 0 unspecified atom stereocenters. The summed E-state index contributed by atoms with van der Waals surface area (Å²) in [4.78, 5) is 23.1. The minimum Gasteiger partial charge on any atom is -0.350 e. The number of benzene rings is 2. The Labute approximate surface area is 178 Å². The summed E-state index contributed by atoms with van der Waals surface area (Å²) in [5.41, 5.74) is 1.38. The fraction of sp³-hybridized carbons (Fsp3) is 0.143. The van der Waals surface area contributed by atoms with Crippen LogP contribution in [0, 0.1) is 6.92 Å². The van der Waals surface area contributed by atoms with Crippen LogP contribution in [0.5, 0.6) is 0 Å². The Bertz CT molecular complexity index is 1330. The summed E-state index contributed by atoms with van der Waals surface area (Å²) in [6, 6.07) is 12.9. The van der Waals surface area contributed by atoms with E-state index in [4.69, 9.17) is 11.6 Å². The number of nitrogens with one attached hydrogen (secondary N) is 3. The normalized spacial score (nSPS) is 11.7. The van der Waals surface area contributed by atoms with Crippen LogP contribution in [0.15, 0.2) is 64.5 Å². The number of halogens is 1. The number of H-pyrrole nitrogens is 2. The standard InChI is InChI=1S/C21H19ClN4O3S/c1-13-24-12-15(25-13)9-10-23-21(27)19-20(17-11-14(22)7-8-18(17)26-19)30(28,29)16-5-3-2-4-6-16/h2-8,11-12,26H,9-10H2,1H3,(H,23,27)(H,24,25). The zero-order valence-electron chi connectivity index (χ0n) is 16.1. The van der Waals surface area contributed by atoms with Crippen LogP contribution in [0.4, 0.5) is 0 Å². The summed E-state index contributed by atoms with van der Waals surface area (Å²) in [7, 11) is -3.96. The van der Waals surface area contributed by atoms with Crippen LogP contribution < -0.4 is 5.32 Å². The van der Waals surface area contributed by atoms with Crippen molar-refractivity contribution < 1.29 is 13.2 Å². The van der Waals surface area contributed by atoms with Gasteiger partial charge in [-0.05, 0) is 37.3 Å². The second-order valence-corrected chi connectivity index (χ2v) is 9.16. The molecule has 0 aliphatic carbocycles. The van der Waals surface area contributed by atoms with Crippen LogP contribution in [0.25, 0.3) is 10.9 Å². The van der Waals surface area contributed by atoms with Crippen molar-refractivity contribution in [1.82, 2.24) is 20.3 Å². The van der Waals surface area contributed by atoms with Crippen LogP contribution in [0.3, 0.4) is 0 Å². The zero-order chi connectivity index (χ0) is 21.3. The van der Waals surface area contributed by atoms with E-state index in [0.29, 0.717) is 28.9 Å². The minimum absolute atomic E-state index is 0.0167. The number of aromatic amines is 2. The highest BCUT2D eigenvalue weighted by molar-refractivity contribution is 7.91. The summed E-state index contributed by atoms with van der Waals surface area (Å²) < 4.78 is 26.8. The number of fused-ring (bicyclic) bond motifs is 1. The molecule has 4 aromatic rings. The van der Waals surface area contributed by atoms with E-state index in [1.807, 2.05) is 6.92 Å². The lowest BCUT2D eigenvalue weighted by Gasteiger charge is -2.08. The second-order valence-electron chi connectivity index (χ2n) is 6.84. The monoisotopic (exact) mass is 442 g/mol. The third-order valence-electron chi connectivity index (χ3n) is 4.70. The van der Waals surface area contributed by atoms with Gasteiger partial charge in [-0.2, -0.15) is 0 Å². The van der Waals surface area contributed by atoms with E-state index in [-0.39, 0.29) is 15.5 Å². The van der Waals surface area contributed by atoms with Crippen molar-refractivity contribution >= 4 is 38.2 Å². The molecular weight excluding hydrogens is 424 g/mol. The van der Waals surface area contributed by atoms with Crippen molar-refractivity contribution in [1.29, 1.82) is 0 Å². The molecule has 9 heteroatoms. The predicted octanol–water partition coefficient (Wildman–Crippen LogP) is 3.66. The van der Waals surface area contributed by atoms with Crippen LogP contribution in [0.2, 0.25) is 5.02 Å². The molecule has 0 aliphatic heterocycles. The van der Waals surface area contributed by atoms with E-state index in [9.17, 15) is 13.2 Å². The first kappa shape index (κ1) is 20.2. The summed E-state index contributed by atoms with van der Waals surface area (Å²) in [6.45, 7) is 2.17. The van der Waals surface area contributed by atoms with Gasteiger partial charge in [0.15, 0.2) is 0 Å². The van der Waals surface area contributed by atoms with Crippen molar-refractivity contribution in [2.45, 2.75) is 23.1 Å². The van der Waals surface area contributed by atoms with Gasteiger partial charge in [-0.3, -0.25) is 4.79 Å². The molecule has 0 saturated carbocycles. The van der Waals surface area contributed by atoms with Gasteiger partial charge in [0.05, 0.1) is 4.90 Å². The quantitative estimate of drug-likeness (QED) is 0.423. The lowest BCUT2D eigenvalue weighted by molar-refractivity contribution is 0.0946. The SMILES string of the molecule is Cc1ncc(CCNC(=O)c2[nH]c3ccc(Cl)cc3c2S(=O)(=O)c2ccccc2)[nH]1. The molecule has 30 heavy (non-hydrogen) atoms. The summed E-state index contributed by atoms with van der Waals surface area (Å²) in [5.74, 6) is 0.285. The predicted molar refractivity (Wildman–Crippen MR) is 115 cm³/mol. The average molecular weight is 443 g/mol. The Morgan fingerprint density at radius 1 is 1.13 bits per heavy atom. The number of amides is 1. The molecule has 7 nitrogen and oxygen atoms in total. The molecule has 3 N–H and O–H groups in total. The van der Waals surface area contributed by atoms with E-state index >= 15 is 0 Å². The Morgan fingerprint density at radius 3 is 2.60 bits per heavy atom. The molecule has 0 fully saturated rings. The fourth-order valence-electron chi connectivity index (χ4n) is 3.29. The second kappa shape index (κ2) is 7.97. The molecule has 0 bridgehead atoms. The molecule has 1 amide bonds. The molecular formula is C21H19ClN4O3S. The number of hydrogen-bond acceptors (Lipinski definition) is 4. The van der Waals surface area contributed by atoms with E-state index in [1.54, 1.807) is 42.6 Å². The number of nitrogens with zero attached hydrogens (tertiary/aromatic N) is 1. The smallest absolute Gasteiger partial charge is 0.269 e. The van der Waals surface area contributed by atoms with Gasteiger partial charge in [0.2, 0.25) is 9.84 Å². The Kier molecular flexibility index (Phi) is 5.36. The van der Waals surface area contributed by atoms with Gasteiger partial charge >= 0.3 is 0 Å². The van der Waals surface area contributed by atoms with Gasteiger partial charge in [-0.1, -0.05) is 29.8 Å². The number of imidazole rings is 1. The highest BCUT2D eigenvalue weighted by Gasteiger charge is 2.29. The van der Waals surface area contributed by atoms with Gasteiger partial charge in [-0.15, -0.1) is 0 Å². The highest BCUT2D eigenvalue weighted by atomic mass is 35.5. The summed E-state index contributed by atoms with van der Waals surface area (Å²) in [6.07, 6.45) is 2.25. The largest absolute Gasteiger partial charge is 0.350 e. The number of aromatic nitrogens is 3. The Morgan fingerprint density at radius 2 is 1.90 bits per heavy atom. The first-order valence-electron chi connectivity index (χ1n) is 9.26. The first-order chi connectivity index (χ1) is 14.4. The average Bonchev–Trinajstić information content (AvgIpc) is 3.32. The van der Waals surface area contributed by atoms with E-state index < -0.39 is 15.7 Å². The molecule has 2 aromatic carbocycles. The van der Waals surface area contributed by atoms with Crippen molar-refractivity contribution in [3.63, 3.8) is 0 Å². The number of carbonyl (C=O) groups excluding carboxylic acids is 1. The van der Waals surface area contributed by atoms with E-state index in [0.717, 1.165) is 11.5 Å².